The molecule has 0 radical (unpaired) electrons. The van der Waals surface area contributed by atoms with E-state index in [2.05, 4.69) is 72.8 Å². The number of hydrogen-bond acceptors (Lipinski definition) is 1. The van der Waals surface area contributed by atoms with Crippen molar-refractivity contribution in [2.45, 2.75) is 24.0 Å². The molecule has 3 aromatic rings. The number of fused-ring (bicyclic) bond motifs is 5. The number of benzene rings is 3. The maximum absolute atomic E-state index is 6.63. The molecule has 5 aliphatic rings. The molecule has 2 aliphatic heterocycles. The lowest BCUT2D eigenvalue weighted by Crippen LogP contribution is -2.42. The SMILES string of the molecule is c1ccc2c(c1)C1c3ccccc3C2[C@H]2[C@@H]1[C@@H]1O[C@@H]2c2ccccc21. The molecule has 3 aliphatic carbocycles. The molecule has 3 aromatic carbocycles. The van der Waals surface area contributed by atoms with E-state index < -0.39 is 0 Å². The Balaban J connectivity index is 1.54. The fourth-order valence-corrected chi connectivity index (χ4v) is 6.45. The van der Waals surface area contributed by atoms with Crippen molar-refractivity contribution in [2.24, 2.45) is 11.8 Å². The van der Waals surface area contributed by atoms with E-state index >= 15 is 0 Å². The van der Waals surface area contributed by atoms with Crippen molar-refractivity contribution < 1.29 is 4.74 Å². The van der Waals surface area contributed by atoms with Crippen LogP contribution in [0.5, 0.6) is 0 Å². The number of rotatable bonds is 0. The topological polar surface area (TPSA) is 9.23 Å². The molecule has 0 amide bonds. The van der Waals surface area contributed by atoms with Gasteiger partial charge in [0.15, 0.2) is 0 Å². The van der Waals surface area contributed by atoms with Gasteiger partial charge in [-0.25, -0.2) is 0 Å². The Bertz CT molecular complexity index is 907. The first-order chi connectivity index (χ1) is 12.4. The van der Waals surface area contributed by atoms with Crippen LogP contribution in [0, 0.1) is 11.8 Å². The van der Waals surface area contributed by atoms with Gasteiger partial charge in [-0.2, -0.15) is 0 Å². The standard InChI is InChI=1S/C24H18O/c1-2-8-14-13(7-1)19-15-9-3-4-10-16(15)20(14)22-21(19)23-17-11-5-6-12-18(17)24(22)25-23/h1-12,19-24H/t19?,20?,21-,22+,23-,24-/m1/s1. The molecule has 1 nitrogen and oxygen atoms in total. The van der Waals surface area contributed by atoms with Crippen LogP contribution in [-0.2, 0) is 4.74 Å². The van der Waals surface area contributed by atoms with E-state index in [1.54, 1.807) is 22.3 Å². The average Bonchev–Trinajstić information content (AvgIpc) is 3.26. The Kier molecular flexibility index (Phi) is 2.18. The van der Waals surface area contributed by atoms with E-state index in [4.69, 9.17) is 4.74 Å². The first kappa shape index (κ1) is 12.9. The lowest BCUT2D eigenvalue weighted by molar-refractivity contribution is 0.0533. The molecule has 4 bridgehead atoms. The molecule has 1 fully saturated rings. The fourth-order valence-electron chi connectivity index (χ4n) is 6.45. The quantitative estimate of drug-likeness (QED) is 0.543. The van der Waals surface area contributed by atoms with Gasteiger partial charge in [-0.3, -0.25) is 0 Å². The summed E-state index contributed by atoms with van der Waals surface area (Å²) in [5.41, 5.74) is 9.05. The molecule has 8 rings (SSSR count). The smallest absolute Gasteiger partial charge is 0.0878 e. The third-order valence-electron chi connectivity index (χ3n) is 7.15. The van der Waals surface area contributed by atoms with Crippen LogP contribution in [0.4, 0.5) is 0 Å². The number of ether oxygens (including phenoxy) is 1. The summed E-state index contributed by atoms with van der Waals surface area (Å²) in [6.45, 7) is 0. The molecule has 1 saturated heterocycles. The van der Waals surface area contributed by atoms with E-state index in [0.717, 1.165) is 0 Å². The lowest BCUT2D eigenvalue weighted by atomic mass is 9.50. The Labute approximate surface area is 147 Å². The Morgan fingerprint density at radius 2 is 0.760 bits per heavy atom. The molecule has 0 N–H and O–H groups in total. The summed E-state index contributed by atoms with van der Waals surface area (Å²) in [6.07, 6.45) is 0.529. The van der Waals surface area contributed by atoms with Crippen molar-refractivity contribution in [3.63, 3.8) is 0 Å². The zero-order valence-electron chi connectivity index (χ0n) is 13.8. The molecule has 4 atom stereocenters. The second-order valence-corrected chi connectivity index (χ2v) is 7.97. The maximum Gasteiger partial charge on any atom is 0.0878 e. The van der Waals surface area contributed by atoms with Gasteiger partial charge in [-0.15, -0.1) is 0 Å². The highest BCUT2D eigenvalue weighted by Crippen LogP contribution is 2.71. The molecule has 0 spiro atoms. The molecule has 0 saturated carbocycles. The largest absolute Gasteiger partial charge is 0.365 e. The monoisotopic (exact) mass is 322 g/mol. The van der Waals surface area contributed by atoms with E-state index in [-0.39, 0.29) is 12.2 Å². The Morgan fingerprint density at radius 1 is 0.440 bits per heavy atom. The molecule has 25 heavy (non-hydrogen) atoms. The minimum atomic E-state index is 0.264. The summed E-state index contributed by atoms with van der Waals surface area (Å²) in [5.74, 6) is 2.11. The van der Waals surface area contributed by atoms with Crippen molar-refractivity contribution in [1.82, 2.24) is 0 Å². The third-order valence-corrected chi connectivity index (χ3v) is 7.15. The van der Waals surface area contributed by atoms with Crippen molar-refractivity contribution in [1.29, 1.82) is 0 Å². The van der Waals surface area contributed by atoms with Crippen LogP contribution in [0.15, 0.2) is 72.8 Å². The van der Waals surface area contributed by atoms with Gasteiger partial charge in [-0.1, -0.05) is 72.8 Å². The summed E-state index contributed by atoms with van der Waals surface area (Å²) in [6, 6.07) is 27.2. The zero-order chi connectivity index (χ0) is 16.1. The minimum Gasteiger partial charge on any atom is -0.365 e. The molecular weight excluding hydrogens is 304 g/mol. The second kappa shape index (κ2) is 4.23. The van der Waals surface area contributed by atoms with Crippen LogP contribution >= 0.6 is 0 Å². The van der Waals surface area contributed by atoms with Gasteiger partial charge >= 0.3 is 0 Å². The van der Waals surface area contributed by atoms with Crippen LogP contribution in [0.1, 0.15) is 57.4 Å². The highest BCUT2D eigenvalue weighted by atomic mass is 16.5. The van der Waals surface area contributed by atoms with E-state index in [9.17, 15) is 0 Å². The second-order valence-electron chi connectivity index (χ2n) is 7.97. The van der Waals surface area contributed by atoms with Crippen molar-refractivity contribution in [3.8, 4) is 0 Å². The lowest BCUT2D eigenvalue weighted by Gasteiger charge is -2.51. The van der Waals surface area contributed by atoms with Gasteiger partial charge in [0.05, 0.1) is 12.2 Å². The van der Waals surface area contributed by atoms with Crippen molar-refractivity contribution in [3.05, 3.63) is 106 Å². The minimum absolute atomic E-state index is 0.264. The Morgan fingerprint density at radius 3 is 1.12 bits per heavy atom. The molecule has 1 heteroatoms. The molecule has 0 unspecified atom stereocenters. The molecule has 2 heterocycles. The molecule has 120 valence electrons. The fraction of sp³-hybridized carbons (Fsp3) is 0.250. The summed E-state index contributed by atoms with van der Waals surface area (Å²) in [4.78, 5) is 0. The van der Waals surface area contributed by atoms with Gasteiger partial charge in [0, 0.05) is 23.7 Å². The van der Waals surface area contributed by atoms with Crippen molar-refractivity contribution in [2.75, 3.05) is 0 Å². The van der Waals surface area contributed by atoms with Crippen LogP contribution in [0.3, 0.4) is 0 Å². The first-order valence-electron chi connectivity index (χ1n) is 9.35. The van der Waals surface area contributed by atoms with Crippen LogP contribution in [0.2, 0.25) is 0 Å². The van der Waals surface area contributed by atoms with E-state index in [1.165, 1.54) is 11.1 Å². The van der Waals surface area contributed by atoms with Gasteiger partial charge in [0.2, 0.25) is 0 Å². The Hall–Kier alpha value is -2.38. The first-order valence-corrected chi connectivity index (χ1v) is 9.35. The van der Waals surface area contributed by atoms with Gasteiger partial charge in [0.1, 0.15) is 0 Å². The highest BCUT2D eigenvalue weighted by molar-refractivity contribution is 5.59. The van der Waals surface area contributed by atoms with Crippen LogP contribution in [0.25, 0.3) is 0 Å². The maximum atomic E-state index is 6.63. The molecular formula is C24H18O. The number of hydrogen-bond donors (Lipinski definition) is 0. The summed E-state index contributed by atoms with van der Waals surface area (Å²) >= 11 is 0. The van der Waals surface area contributed by atoms with E-state index in [1.807, 2.05) is 0 Å². The summed E-state index contributed by atoms with van der Waals surface area (Å²) < 4.78 is 6.63. The predicted octanol–water partition coefficient (Wildman–Crippen LogP) is 5.34. The average molecular weight is 322 g/mol. The predicted molar refractivity (Wildman–Crippen MR) is 96.6 cm³/mol. The van der Waals surface area contributed by atoms with E-state index in [0.29, 0.717) is 23.7 Å². The van der Waals surface area contributed by atoms with Gasteiger partial charge in [-0.05, 0) is 33.4 Å². The van der Waals surface area contributed by atoms with Gasteiger partial charge in [0.25, 0.3) is 0 Å². The zero-order valence-corrected chi connectivity index (χ0v) is 13.8. The third kappa shape index (κ3) is 1.35. The summed E-state index contributed by atoms with van der Waals surface area (Å²) in [7, 11) is 0. The van der Waals surface area contributed by atoms with Crippen LogP contribution in [-0.4, -0.2) is 0 Å². The van der Waals surface area contributed by atoms with Gasteiger partial charge < -0.3 is 4.74 Å². The summed E-state index contributed by atoms with van der Waals surface area (Å²) in [5, 5.41) is 0. The highest BCUT2D eigenvalue weighted by Gasteiger charge is 2.62. The van der Waals surface area contributed by atoms with Crippen molar-refractivity contribution >= 4 is 0 Å². The molecule has 0 aromatic heterocycles. The normalized spacial score (nSPS) is 35.0. The van der Waals surface area contributed by atoms with Crippen LogP contribution < -0.4 is 0 Å².